The van der Waals surface area contributed by atoms with E-state index in [-0.39, 0.29) is 0 Å². The standard InChI is InChI=1S/C10H8Cl2N4O2/c1-5(10(17)18)16-9(13-14-15-16)6-2-7(11)4-8(12)3-6/h2-5H,1H3,(H,17,18). The van der Waals surface area contributed by atoms with Crippen molar-refractivity contribution in [1.82, 2.24) is 20.2 Å². The molecular formula is C10H8Cl2N4O2. The molecule has 18 heavy (non-hydrogen) atoms. The lowest BCUT2D eigenvalue weighted by Gasteiger charge is -2.09. The molecule has 1 atom stereocenters. The molecule has 2 aromatic rings. The quantitative estimate of drug-likeness (QED) is 0.936. The number of nitrogens with zero attached hydrogens (tertiary/aromatic N) is 4. The Bertz CT molecular complexity index is 579. The van der Waals surface area contributed by atoms with Gasteiger partial charge in [0, 0.05) is 15.6 Å². The van der Waals surface area contributed by atoms with Crippen molar-refractivity contribution in [3.8, 4) is 11.4 Å². The van der Waals surface area contributed by atoms with Gasteiger partial charge in [-0.3, -0.25) is 0 Å². The van der Waals surface area contributed by atoms with Crippen LogP contribution in [0.4, 0.5) is 0 Å². The van der Waals surface area contributed by atoms with E-state index in [1.165, 1.54) is 11.6 Å². The smallest absolute Gasteiger partial charge is 0.328 e. The normalized spacial score (nSPS) is 12.4. The van der Waals surface area contributed by atoms with E-state index in [2.05, 4.69) is 15.5 Å². The predicted octanol–water partition coefficient (Wildman–Crippen LogP) is 2.29. The highest BCUT2D eigenvalue weighted by molar-refractivity contribution is 6.35. The van der Waals surface area contributed by atoms with Gasteiger partial charge in [0.05, 0.1) is 0 Å². The number of rotatable bonds is 3. The first-order valence-electron chi connectivity index (χ1n) is 4.96. The van der Waals surface area contributed by atoms with Gasteiger partial charge in [0.2, 0.25) is 0 Å². The molecule has 0 radical (unpaired) electrons. The summed E-state index contributed by atoms with van der Waals surface area (Å²) in [6.07, 6.45) is 0. The first-order chi connectivity index (χ1) is 8.49. The van der Waals surface area contributed by atoms with Crippen LogP contribution in [0.25, 0.3) is 11.4 Å². The van der Waals surface area contributed by atoms with Crippen LogP contribution in [-0.4, -0.2) is 31.3 Å². The fraction of sp³-hybridized carbons (Fsp3) is 0.200. The van der Waals surface area contributed by atoms with Crippen LogP contribution in [0.3, 0.4) is 0 Å². The zero-order chi connectivity index (χ0) is 13.3. The van der Waals surface area contributed by atoms with Crippen molar-refractivity contribution >= 4 is 29.2 Å². The lowest BCUT2D eigenvalue weighted by atomic mass is 10.2. The second-order valence-corrected chi connectivity index (χ2v) is 4.49. The van der Waals surface area contributed by atoms with Gasteiger partial charge >= 0.3 is 5.97 Å². The Labute approximate surface area is 112 Å². The zero-order valence-electron chi connectivity index (χ0n) is 9.21. The molecular weight excluding hydrogens is 279 g/mol. The molecule has 0 aliphatic heterocycles. The van der Waals surface area contributed by atoms with Crippen molar-refractivity contribution < 1.29 is 9.90 Å². The number of halogens is 2. The molecule has 0 fully saturated rings. The highest BCUT2D eigenvalue weighted by atomic mass is 35.5. The Morgan fingerprint density at radius 1 is 1.33 bits per heavy atom. The van der Waals surface area contributed by atoms with Crippen molar-refractivity contribution in [3.63, 3.8) is 0 Å². The molecule has 8 heteroatoms. The maximum absolute atomic E-state index is 10.9. The number of hydrogen-bond donors (Lipinski definition) is 1. The van der Waals surface area contributed by atoms with E-state index in [1.54, 1.807) is 18.2 Å². The van der Waals surface area contributed by atoms with Crippen molar-refractivity contribution in [2.75, 3.05) is 0 Å². The molecule has 0 saturated heterocycles. The highest BCUT2D eigenvalue weighted by Gasteiger charge is 2.20. The van der Waals surface area contributed by atoms with Crippen LogP contribution in [-0.2, 0) is 4.79 Å². The summed E-state index contributed by atoms with van der Waals surface area (Å²) in [5.41, 5.74) is 0.561. The Balaban J connectivity index is 2.51. The number of benzene rings is 1. The fourth-order valence-corrected chi connectivity index (χ4v) is 1.96. The Hall–Kier alpha value is -1.66. The molecule has 0 bridgehead atoms. The van der Waals surface area contributed by atoms with Crippen molar-refractivity contribution in [1.29, 1.82) is 0 Å². The third-order valence-corrected chi connectivity index (χ3v) is 2.77. The van der Waals surface area contributed by atoms with Crippen LogP contribution in [0.1, 0.15) is 13.0 Å². The molecule has 0 aliphatic rings. The van der Waals surface area contributed by atoms with Crippen molar-refractivity contribution in [2.45, 2.75) is 13.0 Å². The lowest BCUT2D eigenvalue weighted by Crippen LogP contribution is -2.18. The fourth-order valence-electron chi connectivity index (χ4n) is 1.43. The van der Waals surface area contributed by atoms with E-state index in [0.717, 1.165) is 0 Å². The third kappa shape index (κ3) is 2.44. The summed E-state index contributed by atoms with van der Waals surface area (Å²) in [6, 6.07) is 3.92. The maximum Gasteiger partial charge on any atom is 0.328 e. The summed E-state index contributed by atoms with van der Waals surface area (Å²) in [4.78, 5) is 10.9. The van der Waals surface area contributed by atoms with E-state index < -0.39 is 12.0 Å². The first-order valence-corrected chi connectivity index (χ1v) is 5.72. The van der Waals surface area contributed by atoms with Crippen LogP contribution < -0.4 is 0 Å². The summed E-state index contributed by atoms with van der Waals surface area (Å²) < 4.78 is 1.20. The van der Waals surface area contributed by atoms with E-state index in [9.17, 15) is 4.79 Å². The van der Waals surface area contributed by atoms with E-state index in [1.807, 2.05) is 0 Å². The molecule has 94 valence electrons. The van der Waals surface area contributed by atoms with Gasteiger partial charge in [0.25, 0.3) is 0 Å². The largest absolute Gasteiger partial charge is 0.480 e. The molecule has 1 N–H and O–H groups in total. The van der Waals surface area contributed by atoms with E-state index >= 15 is 0 Å². The second kappa shape index (κ2) is 4.91. The van der Waals surface area contributed by atoms with Gasteiger partial charge in [-0.05, 0) is 35.5 Å². The number of aliphatic carboxylic acids is 1. The minimum Gasteiger partial charge on any atom is -0.480 e. The minimum atomic E-state index is -1.03. The number of carboxylic acids is 1. The Kier molecular flexibility index (Phi) is 3.49. The summed E-state index contributed by atoms with van der Waals surface area (Å²) in [7, 11) is 0. The Morgan fingerprint density at radius 3 is 2.50 bits per heavy atom. The lowest BCUT2D eigenvalue weighted by molar-refractivity contribution is -0.140. The molecule has 1 heterocycles. The van der Waals surface area contributed by atoms with E-state index in [0.29, 0.717) is 21.4 Å². The zero-order valence-corrected chi connectivity index (χ0v) is 10.7. The summed E-state index contributed by atoms with van der Waals surface area (Å²) >= 11 is 11.8. The van der Waals surface area contributed by atoms with Gasteiger partial charge in [0.1, 0.15) is 0 Å². The molecule has 2 rings (SSSR count). The Morgan fingerprint density at radius 2 is 1.94 bits per heavy atom. The molecule has 1 unspecified atom stereocenters. The number of carboxylic acid groups (broad SMARTS) is 1. The van der Waals surface area contributed by atoms with Crippen molar-refractivity contribution in [3.05, 3.63) is 28.2 Å². The molecule has 0 aliphatic carbocycles. The second-order valence-electron chi connectivity index (χ2n) is 3.62. The van der Waals surface area contributed by atoms with Gasteiger partial charge < -0.3 is 5.11 Å². The SMILES string of the molecule is CC(C(=O)O)n1nnnc1-c1cc(Cl)cc(Cl)c1. The predicted molar refractivity (Wildman–Crippen MR) is 65.6 cm³/mol. The molecule has 0 amide bonds. The molecule has 1 aromatic heterocycles. The van der Waals surface area contributed by atoms with Gasteiger partial charge in [-0.15, -0.1) is 5.10 Å². The van der Waals surface area contributed by atoms with E-state index in [4.69, 9.17) is 28.3 Å². The summed E-state index contributed by atoms with van der Waals surface area (Å²) in [5, 5.41) is 20.7. The number of carbonyl (C=O) groups is 1. The molecule has 6 nitrogen and oxygen atoms in total. The molecule has 1 aromatic carbocycles. The van der Waals surface area contributed by atoms with Crippen molar-refractivity contribution in [2.24, 2.45) is 0 Å². The van der Waals surface area contributed by atoms with Gasteiger partial charge in [-0.25, -0.2) is 9.48 Å². The van der Waals surface area contributed by atoms with Crippen LogP contribution in [0, 0.1) is 0 Å². The summed E-state index contributed by atoms with van der Waals surface area (Å²) in [5.74, 6) is -0.731. The monoisotopic (exact) mass is 286 g/mol. The number of tetrazole rings is 1. The van der Waals surface area contributed by atoms with Crippen LogP contribution in [0.5, 0.6) is 0 Å². The van der Waals surface area contributed by atoms with Gasteiger partial charge in [-0.1, -0.05) is 23.2 Å². The van der Waals surface area contributed by atoms with Gasteiger partial charge in [0.15, 0.2) is 11.9 Å². The summed E-state index contributed by atoms with van der Waals surface area (Å²) in [6.45, 7) is 1.48. The maximum atomic E-state index is 10.9. The third-order valence-electron chi connectivity index (χ3n) is 2.34. The molecule has 0 saturated carbocycles. The average Bonchev–Trinajstić information content (AvgIpc) is 2.75. The van der Waals surface area contributed by atoms with Crippen LogP contribution in [0.2, 0.25) is 10.0 Å². The van der Waals surface area contributed by atoms with Crippen LogP contribution in [0.15, 0.2) is 18.2 Å². The minimum absolute atomic E-state index is 0.300. The average molecular weight is 287 g/mol. The topological polar surface area (TPSA) is 80.9 Å². The first kappa shape index (κ1) is 12.8. The number of hydrogen-bond acceptors (Lipinski definition) is 4. The number of aromatic nitrogens is 4. The molecule has 0 spiro atoms. The highest BCUT2D eigenvalue weighted by Crippen LogP contribution is 2.26. The van der Waals surface area contributed by atoms with Crippen LogP contribution >= 0.6 is 23.2 Å². The van der Waals surface area contributed by atoms with Gasteiger partial charge in [-0.2, -0.15) is 0 Å².